The lowest BCUT2D eigenvalue weighted by Crippen LogP contribution is -2.06. The lowest BCUT2D eigenvalue weighted by atomic mass is 10.1. The monoisotopic (exact) mass is 253 g/mol. The van der Waals surface area contributed by atoms with E-state index in [4.69, 9.17) is 12.2 Å². The van der Waals surface area contributed by atoms with Crippen molar-refractivity contribution < 1.29 is 0 Å². The van der Waals surface area contributed by atoms with Crippen molar-refractivity contribution in [2.75, 3.05) is 0 Å². The Balaban J connectivity index is 2.33. The van der Waals surface area contributed by atoms with Crippen LogP contribution in [0.25, 0.3) is 0 Å². The van der Waals surface area contributed by atoms with E-state index in [0.29, 0.717) is 5.92 Å². The molecule has 2 rings (SSSR count). The lowest BCUT2D eigenvalue weighted by molar-refractivity contribution is 0.676. The van der Waals surface area contributed by atoms with E-state index in [1.807, 2.05) is 13.1 Å². The third kappa shape index (κ3) is 2.25. The summed E-state index contributed by atoms with van der Waals surface area (Å²) in [5.41, 5.74) is 2.32. The second-order valence-corrected chi connectivity index (χ2v) is 5.57. The average Bonchev–Trinajstić information content (AvgIpc) is 2.76. The van der Waals surface area contributed by atoms with Crippen LogP contribution in [-0.4, -0.2) is 14.5 Å². The number of H-pyrrole nitrogens is 1. The van der Waals surface area contributed by atoms with Crippen LogP contribution in [0, 0.1) is 11.7 Å². The zero-order valence-corrected chi connectivity index (χ0v) is 11.3. The normalized spacial score (nSPS) is 11.2. The van der Waals surface area contributed by atoms with Crippen LogP contribution in [0.15, 0.2) is 11.6 Å². The van der Waals surface area contributed by atoms with Crippen LogP contribution in [0.2, 0.25) is 0 Å². The van der Waals surface area contributed by atoms with Gasteiger partial charge < -0.3 is 9.55 Å². The predicted molar refractivity (Wildman–Crippen MR) is 69.7 cm³/mol. The SMILES string of the molecule is Cc1nc(Cn2c(C(C)C)c[nH]c2=S)cs1. The molecule has 2 aromatic heterocycles. The van der Waals surface area contributed by atoms with E-state index in [1.54, 1.807) is 11.3 Å². The largest absolute Gasteiger partial charge is 0.337 e. The van der Waals surface area contributed by atoms with E-state index in [0.717, 1.165) is 22.0 Å². The van der Waals surface area contributed by atoms with Gasteiger partial charge in [0.1, 0.15) is 0 Å². The number of hydrogen-bond donors (Lipinski definition) is 1. The van der Waals surface area contributed by atoms with Gasteiger partial charge >= 0.3 is 0 Å². The van der Waals surface area contributed by atoms with Gasteiger partial charge in [-0.3, -0.25) is 0 Å². The van der Waals surface area contributed by atoms with Gasteiger partial charge in [-0.1, -0.05) is 13.8 Å². The first-order chi connectivity index (χ1) is 7.58. The Bertz CT molecular complexity index is 533. The van der Waals surface area contributed by atoms with E-state index in [9.17, 15) is 0 Å². The van der Waals surface area contributed by atoms with Crippen molar-refractivity contribution in [2.24, 2.45) is 0 Å². The Labute approximate surface area is 104 Å². The summed E-state index contributed by atoms with van der Waals surface area (Å²) in [7, 11) is 0. The summed E-state index contributed by atoms with van der Waals surface area (Å²) in [4.78, 5) is 7.56. The molecule has 0 saturated heterocycles. The Kier molecular flexibility index (Phi) is 3.25. The molecular formula is C11H15N3S2. The number of aromatic amines is 1. The second kappa shape index (κ2) is 4.51. The minimum Gasteiger partial charge on any atom is -0.337 e. The Morgan fingerprint density at radius 1 is 1.56 bits per heavy atom. The molecule has 0 bridgehead atoms. The van der Waals surface area contributed by atoms with Gasteiger partial charge in [-0.15, -0.1) is 11.3 Å². The van der Waals surface area contributed by atoms with Crippen LogP contribution < -0.4 is 0 Å². The molecule has 1 N–H and O–H groups in total. The zero-order valence-electron chi connectivity index (χ0n) is 9.65. The molecule has 3 nitrogen and oxygen atoms in total. The molecule has 0 saturated carbocycles. The molecule has 0 amide bonds. The minimum atomic E-state index is 0.465. The summed E-state index contributed by atoms with van der Waals surface area (Å²) in [6, 6.07) is 0. The van der Waals surface area contributed by atoms with Crippen LogP contribution >= 0.6 is 23.6 Å². The van der Waals surface area contributed by atoms with Gasteiger partial charge in [-0.2, -0.15) is 0 Å². The maximum absolute atomic E-state index is 5.28. The standard InChI is InChI=1S/C11H15N3S2/c1-7(2)10-4-12-11(15)14(10)5-9-6-16-8(3)13-9/h4,6-7H,5H2,1-3H3,(H,12,15). The van der Waals surface area contributed by atoms with Gasteiger partial charge in [0.05, 0.1) is 17.2 Å². The van der Waals surface area contributed by atoms with Crippen molar-refractivity contribution in [3.63, 3.8) is 0 Å². The fraction of sp³-hybridized carbons (Fsp3) is 0.455. The maximum Gasteiger partial charge on any atom is 0.177 e. The van der Waals surface area contributed by atoms with Crippen molar-refractivity contribution in [1.29, 1.82) is 0 Å². The molecule has 0 fully saturated rings. The molecule has 0 aromatic carbocycles. The smallest absolute Gasteiger partial charge is 0.177 e. The summed E-state index contributed by atoms with van der Waals surface area (Å²) in [6.45, 7) is 7.12. The molecule has 0 atom stereocenters. The minimum absolute atomic E-state index is 0.465. The van der Waals surface area contributed by atoms with Crippen molar-refractivity contribution in [3.05, 3.63) is 32.7 Å². The second-order valence-electron chi connectivity index (χ2n) is 4.12. The first-order valence-electron chi connectivity index (χ1n) is 5.27. The van der Waals surface area contributed by atoms with E-state index in [1.165, 1.54) is 5.69 Å². The van der Waals surface area contributed by atoms with Crippen molar-refractivity contribution in [3.8, 4) is 0 Å². The molecule has 16 heavy (non-hydrogen) atoms. The topological polar surface area (TPSA) is 33.6 Å². The van der Waals surface area contributed by atoms with Gasteiger partial charge in [-0.05, 0) is 25.1 Å². The molecule has 2 heterocycles. The summed E-state index contributed by atoms with van der Waals surface area (Å²) in [6.07, 6.45) is 1.99. The van der Waals surface area contributed by atoms with Crippen LogP contribution in [0.4, 0.5) is 0 Å². The highest BCUT2D eigenvalue weighted by molar-refractivity contribution is 7.71. The molecule has 0 spiro atoms. The van der Waals surface area contributed by atoms with Gasteiger partial charge in [0.25, 0.3) is 0 Å². The summed E-state index contributed by atoms with van der Waals surface area (Å²) >= 11 is 6.96. The average molecular weight is 253 g/mol. The van der Waals surface area contributed by atoms with E-state index in [-0.39, 0.29) is 0 Å². The van der Waals surface area contributed by atoms with Crippen molar-refractivity contribution >= 4 is 23.6 Å². The number of thiazole rings is 1. The third-order valence-corrected chi connectivity index (χ3v) is 3.64. The molecule has 2 aromatic rings. The van der Waals surface area contributed by atoms with Crippen LogP contribution in [0.3, 0.4) is 0 Å². The first kappa shape index (κ1) is 11.5. The van der Waals surface area contributed by atoms with Gasteiger partial charge in [0.15, 0.2) is 4.77 Å². The number of aromatic nitrogens is 3. The Hall–Kier alpha value is -0.940. The number of rotatable bonds is 3. The number of hydrogen-bond acceptors (Lipinski definition) is 3. The fourth-order valence-electron chi connectivity index (χ4n) is 1.69. The van der Waals surface area contributed by atoms with Crippen LogP contribution in [0.5, 0.6) is 0 Å². The molecule has 5 heteroatoms. The summed E-state index contributed by atoms with van der Waals surface area (Å²) in [5.74, 6) is 0.465. The lowest BCUT2D eigenvalue weighted by Gasteiger charge is -2.09. The Morgan fingerprint density at radius 2 is 2.31 bits per heavy atom. The molecule has 0 aliphatic carbocycles. The number of nitrogens with zero attached hydrogens (tertiary/aromatic N) is 2. The zero-order chi connectivity index (χ0) is 11.7. The fourth-order valence-corrected chi connectivity index (χ4v) is 2.53. The highest BCUT2D eigenvalue weighted by Gasteiger charge is 2.09. The Morgan fingerprint density at radius 3 is 2.88 bits per heavy atom. The summed E-state index contributed by atoms with van der Waals surface area (Å²) < 4.78 is 2.89. The van der Waals surface area contributed by atoms with E-state index >= 15 is 0 Å². The van der Waals surface area contributed by atoms with Gasteiger partial charge in [0.2, 0.25) is 0 Å². The molecule has 0 radical (unpaired) electrons. The van der Waals surface area contributed by atoms with E-state index < -0.39 is 0 Å². The molecule has 86 valence electrons. The van der Waals surface area contributed by atoms with E-state index in [2.05, 4.69) is 33.8 Å². The van der Waals surface area contributed by atoms with Crippen LogP contribution in [0.1, 0.15) is 36.2 Å². The third-order valence-electron chi connectivity index (χ3n) is 2.48. The van der Waals surface area contributed by atoms with Gasteiger partial charge in [-0.25, -0.2) is 4.98 Å². The molecular weight excluding hydrogens is 238 g/mol. The molecule has 0 unspecified atom stereocenters. The van der Waals surface area contributed by atoms with Crippen LogP contribution in [-0.2, 0) is 6.54 Å². The van der Waals surface area contributed by atoms with Crippen molar-refractivity contribution in [1.82, 2.24) is 14.5 Å². The number of aryl methyl sites for hydroxylation is 1. The first-order valence-corrected chi connectivity index (χ1v) is 6.56. The number of nitrogens with one attached hydrogen (secondary N) is 1. The van der Waals surface area contributed by atoms with Gasteiger partial charge in [0, 0.05) is 17.3 Å². The molecule has 0 aliphatic heterocycles. The quantitative estimate of drug-likeness (QED) is 0.850. The number of imidazole rings is 1. The maximum atomic E-state index is 5.28. The molecule has 0 aliphatic rings. The van der Waals surface area contributed by atoms with Crippen molar-refractivity contribution in [2.45, 2.75) is 33.2 Å². The highest BCUT2D eigenvalue weighted by Crippen LogP contribution is 2.17. The summed E-state index contributed by atoms with van der Waals surface area (Å²) in [5, 5.41) is 3.19. The predicted octanol–water partition coefficient (Wildman–Crippen LogP) is 3.48. The highest BCUT2D eigenvalue weighted by atomic mass is 32.1.